The first-order chi connectivity index (χ1) is 17.6. The van der Waals surface area contributed by atoms with Crippen molar-refractivity contribution in [1.29, 1.82) is 0 Å². The topological polar surface area (TPSA) is 158 Å². The first kappa shape index (κ1) is 23.7. The van der Waals surface area contributed by atoms with Gasteiger partial charge in [-0.1, -0.05) is 46.8 Å². The third-order valence-electron chi connectivity index (χ3n) is 6.02. The smallest absolute Gasteiger partial charge is 0.338 e. The summed E-state index contributed by atoms with van der Waals surface area (Å²) >= 11 is 1.47. The SMILES string of the molecule is [N-]=[N+]=N[C@]1(COC(=O)c2ccccc2)O[C@@H](n2cco[nH]o2)[C@@]2(CCS2)[C@@H]1OC(=O)c1ccccc1. The zero-order valence-corrected chi connectivity index (χ0v) is 19.6. The highest BCUT2D eigenvalue weighted by atomic mass is 32.2. The number of azide groups is 1. The lowest BCUT2D eigenvalue weighted by molar-refractivity contribution is -0.152. The van der Waals surface area contributed by atoms with E-state index in [9.17, 15) is 15.1 Å². The molecule has 0 amide bonds. The standard InChI is InChI=1S/C23H21N5O7S/c24-26-25-23(15-31-18(29)16-7-3-1-4-8-16)20(33-19(30)17-9-5-2-6-10-17)22(11-14-36-22)21(34-23)28-12-13-32-27-35-28/h1-10,12-13,20-21,27H,11,14-15H2/t20-,21+,22+,23+/m0/s1. The van der Waals surface area contributed by atoms with Crippen molar-refractivity contribution in [2.75, 3.05) is 12.4 Å². The van der Waals surface area contributed by atoms with Gasteiger partial charge in [-0.3, -0.25) is 4.63 Å². The molecule has 0 unspecified atom stereocenters. The maximum Gasteiger partial charge on any atom is 0.338 e. The number of thioether (sulfide) groups is 1. The van der Waals surface area contributed by atoms with E-state index in [1.54, 1.807) is 60.7 Å². The second kappa shape index (κ2) is 9.90. The molecule has 186 valence electrons. The number of nitrogens with one attached hydrogen (secondary N) is 1. The van der Waals surface area contributed by atoms with Gasteiger partial charge < -0.3 is 18.7 Å². The number of aromatic nitrogens is 2. The van der Waals surface area contributed by atoms with E-state index in [1.807, 2.05) is 0 Å². The van der Waals surface area contributed by atoms with Crippen LogP contribution in [0.5, 0.6) is 0 Å². The summed E-state index contributed by atoms with van der Waals surface area (Å²) in [6.07, 6.45) is 1.33. The Morgan fingerprint density at radius 1 is 1.14 bits per heavy atom. The van der Waals surface area contributed by atoms with E-state index in [0.29, 0.717) is 17.5 Å². The molecule has 2 aliphatic heterocycles. The largest absolute Gasteiger partial charge is 0.459 e. The molecule has 0 saturated carbocycles. The van der Waals surface area contributed by atoms with Crippen molar-refractivity contribution in [2.24, 2.45) is 5.11 Å². The van der Waals surface area contributed by atoms with Gasteiger partial charge >= 0.3 is 11.9 Å². The van der Waals surface area contributed by atoms with E-state index >= 15 is 0 Å². The number of H-pyrrole nitrogens is 1. The van der Waals surface area contributed by atoms with Crippen LogP contribution in [0.25, 0.3) is 10.4 Å². The van der Waals surface area contributed by atoms with Gasteiger partial charge in [-0.2, -0.15) is 4.74 Å². The molecule has 1 N–H and O–H groups in total. The van der Waals surface area contributed by atoms with E-state index in [0.717, 1.165) is 5.75 Å². The van der Waals surface area contributed by atoms with Gasteiger partial charge in [0.15, 0.2) is 12.3 Å². The fraction of sp³-hybridized carbons (Fsp3) is 0.304. The van der Waals surface area contributed by atoms with E-state index in [2.05, 4.69) is 15.4 Å². The third-order valence-corrected chi connectivity index (χ3v) is 7.58. The normalized spacial score (nSPS) is 26.4. The highest BCUT2D eigenvalue weighted by molar-refractivity contribution is 8.02. The predicted octanol–water partition coefficient (Wildman–Crippen LogP) is 4.62. The molecule has 5 rings (SSSR count). The summed E-state index contributed by atoms with van der Waals surface area (Å²) in [6, 6.07) is 16.8. The summed E-state index contributed by atoms with van der Waals surface area (Å²) in [6.45, 7) is -0.502. The molecule has 0 aliphatic carbocycles. The van der Waals surface area contributed by atoms with Crippen molar-refractivity contribution in [3.8, 4) is 0 Å². The number of carbonyl (C=O) groups is 2. The zero-order chi connectivity index (χ0) is 25.0. The number of benzene rings is 2. The average Bonchev–Trinajstić information content (AvgIpc) is 3.19. The Morgan fingerprint density at radius 3 is 2.36 bits per heavy atom. The highest BCUT2D eigenvalue weighted by Gasteiger charge is 2.70. The molecular weight excluding hydrogens is 490 g/mol. The molecule has 3 aromatic rings. The van der Waals surface area contributed by atoms with Crippen molar-refractivity contribution in [3.63, 3.8) is 0 Å². The Kier molecular flexibility index (Phi) is 6.51. The molecule has 0 radical (unpaired) electrons. The van der Waals surface area contributed by atoms with Crippen LogP contribution >= 0.6 is 11.8 Å². The van der Waals surface area contributed by atoms with Crippen LogP contribution in [0.15, 0.2) is 87.4 Å². The molecular formula is C23H21N5O7S. The monoisotopic (exact) mass is 511 g/mol. The number of hydrogen-bond acceptors (Lipinski definition) is 9. The van der Waals surface area contributed by atoms with Crippen molar-refractivity contribution in [3.05, 3.63) is 94.7 Å². The number of aromatic amines is 1. The molecule has 2 aliphatic rings. The highest BCUT2D eigenvalue weighted by Crippen LogP contribution is 2.61. The van der Waals surface area contributed by atoms with Gasteiger partial charge in [-0.15, -0.1) is 11.8 Å². The Labute approximate surface area is 208 Å². The van der Waals surface area contributed by atoms with Gasteiger partial charge in [0, 0.05) is 4.91 Å². The Hall–Kier alpha value is -4.06. The lowest BCUT2D eigenvalue weighted by Crippen LogP contribution is -2.56. The predicted molar refractivity (Wildman–Crippen MR) is 125 cm³/mol. The molecule has 2 fully saturated rings. The van der Waals surface area contributed by atoms with Crippen molar-refractivity contribution < 1.29 is 33.0 Å². The number of rotatable bonds is 7. The minimum absolute atomic E-state index is 0.303. The van der Waals surface area contributed by atoms with E-state index in [1.165, 1.54) is 29.0 Å². The molecule has 12 nitrogen and oxygen atoms in total. The van der Waals surface area contributed by atoms with Crippen LogP contribution in [-0.2, 0) is 14.2 Å². The van der Waals surface area contributed by atoms with Gasteiger partial charge in [0.05, 0.1) is 17.3 Å². The molecule has 13 heteroatoms. The van der Waals surface area contributed by atoms with Gasteiger partial charge in [-0.25, -0.2) is 9.59 Å². The Balaban J connectivity index is 1.53. The number of carbonyl (C=O) groups excluding carboxylic acids is 2. The number of ether oxygens (including phenoxy) is 3. The van der Waals surface area contributed by atoms with Crippen LogP contribution < -0.4 is 0 Å². The van der Waals surface area contributed by atoms with Crippen LogP contribution in [0.1, 0.15) is 33.4 Å². The summed E-state index contributed by atoms with van der Waals surface area (Å²) in [5.74, 6) is -0.556. The Bertz CT molecular complexity index is 1290. The van der Waals surface area contributed by atoms with Gasteiger partial charge in [-0.05, 0) is 42.0 Å². The summed E-state index contributed by atoms with van der Waals surface area (Å²) in [5, 5.41) is 6.17. The van der Waals surface area contributed by atoms with E-state index in [4.69, 9.17) is 23.4 Å². The van der Waals surface area contributed by atoms with Crippen LogP contribution in [-0.4, -0.2) is 50.9 Å². The van der Waals surface area contributed by atoms with Gasteiger partial charge in [0.1, 0.15) is 17.6 Å². The van der Waals surface area contributed by atoms with Crippen LogP contribution in [0.2, 0.25) is 0 Å². The molecule has 2 aromatic carbocycles. The number of hydrogen-bond donors (Lipinski definition) is 1. The summed E-state index contributed by atoms with van der Waals surface area (Å²) in [7, 11) is 0. The number of esters is 2. The summed E-state index contributed by atoms with van der Waals surface area (Å²) in [5.41, 5.74) is 8.23. The third kappa shape index (κ3) is 4.24. The second-order valence-corrected chi connectivity index (χ2v) is 9.55. The van der Waals surface area contributed by atoms with E-state index < -0.39 is 41.3 Å². The zero-order valence-electron chi connectivity index (χ0n) is 18.8. The van der Waals surface area contributed by atoms with Crippen molar-refractivity contribution in [1.82, 2.24) is 10.1 Å². The first-order valence-electron chi connectivity index (χ1n) is 11.0. The van der Waals surface area contributed by atoms with Gasteiger partial charge in [0.25, 0.3) is 0 Å². The minimum atomic E-state index is -1.88. The summed E-state index contributed by atoms with van der Waals surface area (Å²) < 4.78 is 28.4. The fourth-order valence-electron chi connectivity index (χ4n) is 4.27. The lowest BCUT2D eigenvalue weighted by atomic mass is 9.91. The second-order valence-electron chi connectivity index (χ2n) is 8.09. The first-order valence-corrected chi connectivity index (χ1v) is 12.0. The van der Waals surface area contributed by atoms with Crippen molar-refractivity contribution >= 4 is 23.7 Å². The number of nitrogens with zero attached hydrogens (tertiary/aromatic N) is 4. The molecule has 36 heavy (non-hydrogen) atoms. The van der Waals surface area contributed by atoms with Crippen LogP contribution in [0.4, 0.5) is 0 Å². The molecule has 1 aromatic heterocycles. The van der Waals surface area contributed by atoms with Crippen LogP contribution in [0.3, 0.4) is 0 Å². The molecule has 2 saturated heterocycles. The van der Waals surface area contributed by atoms with Crippen LogP contribution in [0, 0.1) is 0 Å². The minimum Gasteiger partial charge on any atom is -0.459 e. The molecule has 3 heterocycles. The fourth-order valence-corrected chi connectivity index (χ4v) is 5.62. The summed E-state index contributed by atoms with van der Waals surface area (Å²) in [4.78, 5) is 28.8. The average molecular weight is 512 g/mol. The van der Waals surface area contributed by atoms with E-state index in [-0.39, 0.29) is 0 Å². The van der Waals surface area contributed by atoms with Gasteiger partial charge in [0.2, 0.25) is 5.72 Å². The Morgan fingerprint density at radius 2 is 1.81 bits per heavy atom. The maximum atomic E-state index is 13.1. The quantitative estimate of drug-likeness (QED) is 0.208. The molecule has 4 atom stereocenters. The molecule has 1 spiro atoms. The molecule has 0 bridgehead atoms. The lowest BCUT2D eigenvalue weighted by Gasteiger charge is -2.44. The maximum absolute atomic E-state index is 13.1. The van der Waals surface area contributed by atoms with Crippen molar-refractivity contribution in [2.45, 2.75) is 29.2 Å².